The number of rotatable bonds is 1. The molecular weight excluding hydrogens is 216 g/mol. The summed E-state index contributed by atoms with van der Waals surface area (Å²) in [7, 11) is 0. The van der Waals surface area contributed by atoms with Gasteiger partial charge >= 0.3 is 0 Å². The van der Waals surface area contributed by atoms with E-state index < -0.39 is 5.60 Å². The van der Waals surface area contributed by atoms with Crippen molar-refractivity contribution in [1.29, 1.82) is 0 Å². The molecule has 1 aliphatic heterocycles. The highest BCUT2D eigenvalue weighted by molar-refractivity contribution is 6.30. The lowest BCUT2D eigenvalue weighted by molar-refractivity contribution is 0.105. The Morgan fingerprint density at radius 3 is 2.93 bits per heavy atom. The molecule has 0 aliphatic carbocycles. The molecule has 0 saturated carbocycles. The summed E-state index contributed by atoms with van der Waals surface area (Å²) in [6.45, 7) is 4.23. The van der Waals surface area contributed by atoms with E-state index in [1.165, 1.54) is 5.01 Å². The van der Waals surface area contributed by atoms with Gasteiger partial charge in [0.15, 0.2) is 0 Å². The van der Waals surface area contributed by atoms with Crippen molar-refractivity contribution in [3.05, 3.63) is 28.1 Å². The van der Waals surface area contributed by atoms with E-state index in [1.54, 1.807) is 18.2 Å². The van der Waals surface area contributed by atoms with Gasteiger partial charge < -0.3 is 4.74 Å². The maximum absolute atomic E-state index is 10.7. The van der Waals surface area contributed by atoms with Crippen LogP contribution in [-0.2, 0) is 0 Å². The van der Waals surface area contributed by atoms with Crippen molar-refractivity contribution >= 4 is 17.3 Å². The summed E-state index contributed by atoms with van der Waals surface area (Å²) in [6, 6.07) is 5.15. The van der Waals surface area contributed by atoms with Gasteiger partial charge in [0, 0.05) is 5.02 Å². The fraction of sp³-hybridized carbons (Fsp3) is 0.400. The average molecular weight is 227 g/mol. The number of hydrogen-bond acceptors (Lipinski definition) is 3. The second kappa shape index (κ2) is 3.38. The van der Waals surface area contributed by atoms with Crippen LogP contribution in [0.25, 0.3) is 0 Å². The van der Waals surface area contributed by atoms with Crippen molar-refractivity contribution < 1.29 is 4.74 Å². The molecule has 80 valence electrons. The van der Waals surface area contributed by atoms with E-state index in [2.05, 4.69) is 5.29 Å². The van der Waals surface area contributed by atoms with Gasteiger partial charge in [-0.2, -0.15) is 0 Å². The standard InChI is InChI=1S/C10H11ClN2O2/c1-10(2)6-13(12-14)8-5-7(11)3-4-9(8)15-10/h3-5H,6H2,1-2H3. The molecule has 1 aliphatic rings. The first-order chi connectivity index (χ1) is 7.02. The van der Waals surface area contributed by atoms with Crippen LogP contribution in [0.4, 0.5) is 5.69 Å². The van der Waals surface area contributed by atoms with Crippen molar-refractivity contribution in [2.75, 3.05) is 11.6 Å². The lowest BCUT2D eigenvalue weighted by atomic mass is 10.1. The zero-order valence-corrected chi connectivity index (χ0v) is 9.28. The van der Waals surface area contributed by atoms with Crippen LogP contribution in [0, 0.1) is 4.91 Å². The van der Waals surface area contributed by atoms with Gasteiger partial charge in [-0.05, 0) is 32.0 Å². The molecule has 0 unspecified atom stereocenters. The van der Waals surface area contributed by atoms with Crippen LogP contribution in [0.1, 0.15) is 13.8 Å². The van der Waals surface area contributed by atoms with Gasteiger partial charge in [-0.25, -0.2) is 5.01 Å². The molecule has 0 aromatic heterocycles. The molecule has 0 N–H and O–H groups in total. The monoisotopic (exact) mass is 226 g/mol. The predicted octanol–water partition coefficient (Wildman–Crippen LogP) is 3.00. The van der Waals surface area contributed by atoms with Crippen molar-refractivity contribution in [2.45, 2.75) is 19.4 Å². The Bertz CT molecular complexity index is 406. The van der Waals surface area contributed by atoms with E-state index in [1.807, 2.05) is 13.8 Å². The minimum atomic E-state index is -0.422. The van der Waals surface area contributed by atoms with E-state index in [0.717, 1.165) is 0 Å². The van der Waals surface area contributed by atoms with Gasteiger partial charge in [-0.1, -0.05) is 11.6 Å². The maximum atomic E-state index is 10.7. The van der Waals surface area contributed by atoms with Crippen molar-refractivity contribution in [3.8, 4) is 5.75 Å². The molecule has 0 atom stereocenters. The molecule has 0 radical (unpaired) electrons. The lowest BCUT2D eigenvalue weighted by Crippen LogP contribution is -2.44. The van der Waals surface area contributed by atoms with Gasteiger partial charge in [0.25, 0.3) is 0 Å². The van der Waals surface area contributed by atoms with Crippen LogP contribution in [0.15, 0.2) is 23.5 Å². The molecule has 1 heterocycles. The SMILES string of the molecule is CC1(C)CN(N=O)c2cc(Cl)ccc2O1. The third kappa shape index (κ3) is 1.90. The highest BCUT2D eigenvalue weighted by Gasteiger charge is 2.32. The Kier molecular flexibility index (Phi) is 2.31. The second-order valence-electron chi connectivity index (χ2n) is 4.11. The fourth-order valence-corrected chi connectivity index (χ4v) is 1.79. The third-order valence-corrected chi connectivity index (χ3v) is 2.45. The molecule has 1 aromatic rings. The van der Waals surface area contributed by atoms with Gasteiger partial charge in [0.2, 0.25) is 0 Å². The van der Waals surface area contributed by atoms with E-state index in [4.69, 9.17) is 16.3 Å². The summed E-state index contributed by atoms with van der Waals surface area (Å²) < 4.78 is 5.71. The van der Waals surface area contributed by atoms with Gasteiger partial charge in [-0.15, -0.1) is 4.91 Å². The Balaban J connectivity index is 2.49. The Morgan fingerprint density at radius 2 is 2.27 bits per heavy atom. The summed E-state index contributed by atoms with van der Waals surface area (Å²) >= 11 is 5.84. The van der Waals surface area contributed by atoms with E-state index in [-0.39, 0.29) is 0 Å². The Hall–Kier alpha value is -1.29. The minimum absolute atomic E-state index is 0.420. The molecule has 1 aromatic carbocycles. The number of fused-ring (bicyclic) bond motifs is 1. The number of anilines is 1. The van der Waals surface area contributed by atoms with Gasteiger partial charge in [0.05, 0.1) is 11.8 Å². The maximum Gasteiger partial charge on any atom is 0.145 e. The molecule has 4 nitrogen and oxygen atoms in total. The number of hydrogen-bond donors (Lipinski definition) is 0. The van der Waals surface area contributed by atoms with Gasteiger partial charge in [0.1, 0.15) is 17.0 Å². The summed E-state index contributed by atoms with van der Waals surface area (Å²) in [5, 5.41) is 4.90. The molecule has 0 spiro atoms. The van der Waals surface area contributed by atoms with Crippen LogP contribution in [0.5, 0.6) is 5.75 Å². The predicted molar refractivity (Wildman–Crippen MR) is 59.3 cm³/mol. The van der Waals surface area contributed by atoms with Gasteiger partial charge in [-0.3, -0.25) is 0 Å². The van der Waals surface area contributed by atoms with E-state index >= 15 is 0 Å². The molecule has 0 amide bonds. The number of nitroso groups, excluding NO2 is 1. The van der Waals surface area contributed by atoms with E-state index in [9.17, 15) is 4.91 Å². The molecule has 5 heteroatoms. The summed E-state index contributed by atoms with van der Waals surface area (Å²) in [6.07, 6.45) is 0. The quantitative estimate of drug-likeness (QED) is 0.692. The number of benzene rings is 1. The molecule has 0 saturated heterocycles. The van der Waals surface area contributed by atoms with Crippen LogP contribution in [-0.4, -0.2) is 12.1 Å². The molecule has 15 heavy (non-hydrogen) atoms. The van der Waals surface area contributed by atoms with Crippen LogP contribution in [0.3, 0.4) is 0 Å². The average Bonchev–Trinajstić information content (AvgIpc) is 2.16. The first kappa shape index (κ1) is 10.2. The van der Waals surface area contributed by atoms with E-state index in [0.29, 0.717) is 23.0 Å². The van der Waals surface area contributed by atoms with Crippen molar-refractivity contribution in [2.24, 2.45) is 5.29 Å². The normalized spacial score (nSPS) is 17.9. The largest absolute Gasteiger partial charge is 0.484 e. The zero-order valence-electron chi connectivity index (χ0n) is 8.53. The third-order valence-electron chi connectivity index (χ3n) is 2.21. The highest BCUT2D eigenvalue weighted by Crippen LogP contribution is 2.38. The summed E-state index contributed by atoms with van der Waals surface area (Å²) in [5.41, 5.74) is 0.200. The molecule has 0 fully saturated rings. The Labute approximate surface area is 92.7 Å². The first-order valence-electron chi connectivity index (χ1n) is 4.61. The topological polar surface area (TPSA) is 41.9 Å². The second-order valence-corrected chi connectivity index (χ2v) is 4.55. The van der Waals surface area contributed by atoms with Crippen LogP contribution in [0.2, 0.25) is 5.02 Å². The van der Waals surface area contributed by atoms with Crippen LogP contribution < -0.4 is 9.75 Å². The summed E-state index contributed by atoms with van der Waals surface area (Å²) in [4.78, 5) is 10.7. The highest BCUT2D eigenvalue weighted by atomic mass is 35.5. The molecule has 0 bridgehead atoms. The van der Waals surface area contributed by atoms with Crippen molar-refractivity contribution in [3.63, 3.8) is 0 Å². The smallest absolute Gasteiger partial charge is 0.145 e. The lowest BCUT2D eigenvalue weighted by Gasteiger charge is -2.36. The molecular formula is C10H11ClN2O2. The Morgan fingerprint density at radius 1 is 1.53 bits per heavy atom. The van der Waals surface area contributed by atoms with Crippen molar-refractivity contribution in [1.82, 2.24) is 0 Å². The fourth-order valence-electron chi connectivity index (χ4n) is 1.63. The summed E-state index contributed by atoms with van der Waals surface area (Å²) in [5.74, 6) is 0.634. The molecule has 2 rings (SSSR count). The van der Waals surface area contributed by atoms with Crippen LogP contribution >= 0.6 is 11.6 Å². The number of halogens is 1. The first-order valence-corrected chi connectivity index (χ1v) is 4.99. The zero-order chi connectivity index (χ0) is 11.1. The number of ether oxygens (including phenoxy) is 1. The number of nitrogens with zero attached hydrogens (tertiary/aromatic N) is 2. The minimum Gasteiger partial charge on any atom is -0.484 e.